The van der Waals surface area contributed by atoms with Gasteiger partial charge in [0.1, 0.15) is 0 Å². The second-order valence-corrected chi connectivity index (χ2v) is 5.20. The summed E-state index contributed by atoms with van der Waals surface area (Å²) in [6.45, 7) is 1.64. The number of aromatic nitrogens is 1. The molecule has 0 aliphatic carbocycles. The van der Waals surface area contributed by atoms with Gasteiger partial charge in [0.05, 0.1) is 5.56 Å². The summed E-state index contributed by atoms with van der Waals surface area (Å²) < 4.78 is 39.3. The zero-order chi connectivity index (χ0) is 15.0. The van der Waals surface area contributed by atoms with E-state index in [2.05, 4.69) is 10.3 Å². The SMILES string of the molecule is CC1=CSC(C(=O)NN)(c2cnccc2C(F)(F)F)N1. The number of alkyl halides is 3. The summed E-state index contributed by atoms with van der Waals surface area (Å²) in [5.41, 5.74) is 1.25. The number of pyridine rings is 1. The van der Waals surface area contributed by atoms with Crippen LogP contribution in [-0.4, -0.2) is 10.9 Å². The summed E-state index contributed by atoms with van der Waals surface area (Å²) in [4.78, 5) is 14.0. The molecule has 0 bridgehead atoms. The molecule has 2 rings (SSSR count). The van der Waals surface area contributed by atoms with Gasteiger partial charge in [-0.25, -0.2) is 5.84 Å². The molecule has 20 heavy (non-hydrogen) atoms. The molecule has 108 valence electrons. The number of carbonyl (C=O) groups is 1. The average molecular weight is 304 g/mol. The lowest BCUT2D eigenvalue weighted by Crippen LogP contribution is -2.52. The van der Waals surface area contributed by atoms with Gasteiger partial charge in [-0.2, -0.15) is 13.2 Å². The second kappa shape index (κ2) is 4.98. The number of rotatable bonds is 2. The smallest absolute Gasteiger partial charge is 0.362 e. The molecule has 0 spiro atoms. The number of hydrazine groups is 1. The predicted molar refractivity (Wildman–Crippen MR) is 67.7 cm³/mol. The number of hydrogen-bond donors (Lipinski definition) is 3. The topological polar surface area (TPSA) is 80.0 Å². The fraction of sp³-hybridized carbons (Fsp3) is 0.273. The minimum absolute atomic E-state index is 0.284. The van der Waals surface area contributed by atoms with Crippen LogP contribution in [-0.2, 0) is 15.8 Å². The summed E-state index contributed by atoms with van der Waals surface area (Å²) >= 11 is 0.909. The molecule has 1 unspecified atom stereocenters. The van der Waals surface area contributed by atoms with Crippen LogP contribution in [0.1, 0.15) is 18.1 Å². The maximum atomic E-state index is 13.1. The molecule has 1 aliphatic heterocycles. The lowest BCUT2D eigenvalue weighted by Gasteiger charge is -2.30. The number of amides is 1. The highest BCUT2D eigenvalue weighted by atomic mass is 32.2. The zero-order valence-corrected chi connectivity index (χ0v) is 11.1. The number of nitrogens with zero attached hydrogens (tertiary/aromatic N) is 1. The van der Waals surface area contributed by atoms with Crippen LogP contribution in [0, 0.1) is 0 Å². The maximum absolute atomic E-state index is 13.1. The van der Waals surface area contributed by atoms with Crippen molar-refractivity contribution in [2.75, 3.05) is 0 Å². The molecule has 2 heterocycles. The Balaban J connectivity index is 2.60. The number of thioether (sulfide) groups is 1. The molecular formula is C11H11F3N4OS. The molecule has 0 aromatic carbocycles. The van der Waals surface area contributed by atoms with Gasteiger partial charge in [-0.15, -0.1) is 0 Å². The van der Waals surface area contributed by atoms with Crippen LogP contribution in [0.25, 0.3) is 0 Å². The molecule has 1 aromatic rings. The lowest BCUT2D eigenvalue weighted by molar-refractivity contribution is -0.139. The number of nitrogens with two attached hydrogens (primary N) is 1. The zero-order valence-electron chi connectivity index (χ0n) is 10.3. The van der Waals surface area contributed by atoms with Crippen LogP contribution in [0.15, 0.2) is 29.6 Å². The van der Waals surface area contributed by atoms with E-state index in [1.54, 1.807) is 12.3 Å². The van der Waals surface area contributed by atoms with Crippen molar-refractivity contribution in [3.05, 3.63) is 40.7 Å². The van der Waals surface area contributed by atoms with E-state index in [9.17, 15) is 18.0 Å². The normalized spacial score (nSPS) is 22.1. The highest BCUT2D eigenvalue weighted by Gasteiger charge is 2.49. The molecule has 9 heteroatoms. The van der Waals surface area contributed by atoms with Gasteiger partial charge < -0.3 is 5.32 Å². The van der Waals surface area contributed by atoms with E-state index < -0.39 is 22.5 Å². The molecular weight excluding hydrogens is 293 g/mol. The summed E-state index contributed by atoms with van der Waals surface area (Å²) in [7, 11) is 0. The Hall–Kier alpha value is -1.74. The summed E-state index contributed by atoms with van der Waals surface area (Å²) in [5.74, 6) is 4.32. The average Bonchev–Trinajstić information content (AvgIpc) is 2.80. The first kappa shape index (κ1) is 14.7. The predicted octanol–water partition coefficient (Wildman–Crippen LogP) is 1.44. The van der Waals surface area contributed by atoms with E-state index in [1.807, 2.05) is 5.43 Å². The number of hydrogen-bond acceptors (Lipinski definition) is 5. The van der Waals surface area contributed by atoms with Gasteiger partial charge in [-0.1, -0.05) is 11.8 Å². The first-order valence-electron chi connectivity index (χ1n) is 5.47. The molecule has 0 radical (unpaired) electrons. The van der Waals surface area contributed by atoms with Gasteiger partial charge in [0.2, 0.25) is 0 Å². The van der Waals surface area contributed by atoms with Gasteiger partial charge >= 0.3 is 6.18 Å². The third kappa shape index (κ3) is 2.34. The van der Waals surface area contributed by atoms with Gasteiger partial charge in [-0.3, -0.25) is 15.2 Å². The van der Waals surface area contributed by atoms with E-state index in [4.69, 9.17) is 5.84 Å². The highest BCUT2D eigenvalue weighted by Crippen LogP contribution is 2.45. The number of allylic oxidation sites excluding steroid dienone is 1. The largest absolute Gasteiger partial charge is 0.416 e. The van der Waals surface area contributed by atoms with E-state index in [1.165, 1.54) is 0 Å². The van der Waals surface area contributed by atoms with Gasteiger partial charge in [0.25, 0.3) is 5.91 Å². The molecule has 1 aromatic heterocycles. The molecule has 5 nitrogen and oxygen atoms in total. The van der Waals surface area contributed by atoms with Crippen molar-refractivity contribution in [2.24, 2.45) is 5.84 Å². The molecule has 0 saturated carbocycles. The number of nitrogens with one attached hydrogen (secondary N) is 2. The van der Waals surface area contributed by atoms with Gasteiger partial charge in [0, 0.05) is 23.7 Å². The van der Waals surface area contributed by atoms with Crippen molar-refractivity contribution in [1.82, 2.24) is 15.7 Å². The van der Waals surface area contributed by atoms with Crippen molar-refractivity contribution >= 4 is 17.7 Å². The van der Waals surface area contributed by atoms with Gasteiger partial charge in [0.15, 0.2) is 4.87 Å². The minimum atomic E-state index is -4.60. The van der Waals surface area contributed by atoms with Crippen LogP contribution < -0.4 is 16.6 Å². The van der Waals surface area contributed by atoms with Crippen LogP contribution in [0.4, 0.5) is 13.2 Å². The lowest BCUT2D eigenvalue weighted by atomic mass is 10.0. The van der Waals surface area contributed by atoms with E-state index in [-0.39, 0.29) is 5.56 Å². The Morgan fingerprint density at radius 3 is 2.75 bits per heavy atom. The van der Waals surface area contributed by atoms with E-state index in [0.29, 0.717) is 5.70 Å². The second-order valence-electron chi connectivity index (χ2n) is 4.12. The minimum Gasteiger partial charge on any atom is -0.362 e. The number of halogens is 3. The Kier molecular flexibility index (Phi) is 3.65. The quantitative estimate of drug-likeness (QED) is 0.438. The fourth-order valence-corrected chi connectivity index (χ4v) is 2.99. The van der Waals surface area contributed by atoms with Crippen LogP contribution in [0.2, 0.25) is 0 Å². The first-order valence-corrected chi connectivity index (χ1v) is 6.34. The van der Waals surface area contributed by atoms with Crippen molar-refractivity contribution in [2.45, 2.75) is 18.0 Å². The molecule has 0 fully saturated rings. The Bertz CT molecular complexity index is 575. The van der Waals surface area contributed by atoms with Crippen LogP contribution >= 0.6 is 11.8 Å². The van der Waals surface area contributed by atoms with E-state index in [0.717, 1.165) is 30.2 Å². The fourth-order valence-electron chi connectivity index (χ4n) is 1.90. The highest BCUT2D eigenvalue weighted by molar-refractivity contribution is 8.04. The summed E-state index contributed by atoms with van der Waals surface area (Å²) in [6.07, 6.45) is -2.55. The Morgan fingerprint density at radius 1 is 1.55 bits per heavy atom. The third-order valence-electron chi connectivity index (χ3n) is 2.74. The van der Waals surface area contributed by atoms with Crippen LogP contribution in [0.3, 0.4) is 0 Å². The van der Waals surface area contributed by atoms with Crippen molar-refractivity contribution < 1.29 is 18.0 Å². The Labute approximate surface area is 116 Å². The molecule has 0 saturated heterocycles. The standard InChI is InChI=1S/C11H11F3N4OS/c1-6-5-20-10(17-6,9(19)18-15)8-4-16-3-2-7(8)11(12,13)14/h2-5,17H,15H2,1H3,(H,18,19). The van der Waals surface area contributed by atoms with Gasteiger partial charge in [-0.05, 0) is 18.4 Å². The molecule has 1 amide bonds. The third-order valence-corrected chi connectivity index (χ3v) is 4.07. The summed E-state index contributed by atoms with van der Waals surface area (Å²) in [5, 5.41) is 4.30. The number of carbonyl (C=O) groups excluding carboxylic acids is 1. The maximum Gasteiger partial charge on any atom is 0.416 e. The first-order chi connectivity index (χ1) is 9.31. The monoisotopic (exact) mass is 304 g/mol. The van der Waals surface area contributed by atoms with Crippen LogP contribution in [0.5, 0.6) is 0 Å². The van der Waals surface area contributed by atoms with Crippen molar-refractivity contribution in [3.63, 3.8) is 0 Å². The van der Waals surface area contributed by atoms with Crippen molar-refractivity contribution in [1.29, 1.82) is 0 Å². The summed E-state index contributed by atoms with van der Waals surface area (Å²) in [6, 6.07) is 0.830. The molecule has 4 N–H and O–H groups in total. The Morgan fingerprint density at radius 2 is 2.25 bits per heavy atom. The molecule has 1 atom stereocenters. The van der Waals surface area contributed by atoms with E-state index >= 15 is 0 Å². The van der Waals surface area contributed by atoms with Crippen molar-refractivity contribution in [3.8, 4) is 0 Å². The molecule has 1 aliphatic rings.